The number of halogens is 1. The Morgan fingerprint density at radius 2 is 1.00 bits per heavy atom. The third-order valence-corrected chi connectivity index (χ3v) is 11.1. The van der Waals surface area contributed by atoms with Gasteiger partial charge in [0.25, 0.3) is 0 Å². The number of hydrogen-bond donors (Lipinski definition) is 0. The first-order chi connectivity index (χ1) is 21.9. The quantitative estimate of drug-likeness (QED) is 0.164. The van der Waals surface area contributed by atoms with E-state index in [0.29, 0.717) is 4.90 Å². The van der Waals surface area contributed by atoms with Crippen molar-refractivity contribution in [3.8, 4) is 22.3 Å². The van der Waals surface area contributed by atoms with Gasteiger partial charge in [-0.1, -0.05) is 141 Å². The normalized spacial score (nSPS) is 16.4. The fourth-order valence-electron chi connectivity index (χ4n) is 7.13. The summed E-state index contributed by atoms with van der Waals surface area (Å²) >= 11 is 0. The molecule has 0 heterocycles. The third kappa shape index (κ3) is 6.36. The summed E-state index contributed by atoms with van der Waals surface area (Å²) in [7, 11) is -4.00. The second-order valence-electron chi connectivity index (χ2n) is 11.9. The van der Waals surface area contributed by atoms with Crippen LogP contribution >= 0.6 is 0 Å². The van der Waals surface area contributed by atoms with E-state index >= 15 is 8.42 Å². The van der Waals surface area contributed by atoms with E-state index in [1.54, 1.807) is 12.1 Å². The molecule has 0 saturated heterocycles. The summed E-state index contributed by atoms with van der Waals surface area (Å²) < 4.78 is 32.5. The summed E-state index contributed by atoms with van der Waals surface area (Å²) in [4.78, 5) is 0.315. The van der Waals surface area contributed by atoms with E-state index in [0.717, 1.165) is 74.1 Å². The topological polar surface area (TPSA) is 37.4 Å². The average Bonchev–Trinajstić information content (AvgIpc) is 3.64. The van der Waals surface area contributed by atoms with Crippen LogP contribution in [-0.4, -0.2) is 12.7 Å². The molecular formula is C41H37ClNNdO2S. The van der Waals surface area contributed by atoms with Crippen molar-refractivity contribution in [3.05, 3.63) is 160 Å². The van der Waals surface area contributed by atoms with Crippen LogP contribution in [0, 0.1) is 47.8 Å². The minimum Gasteiger partial charge on any atom is -1.00 e. The van der Waals surface area contributed by atoms with Crippen molar-refractivity contribution in [2.75, 3.05) is 0 Å². The molecule has 0 spiro atoms. The first-order valence-corrected chi connectivity index (χ1v) is 17.2. The maximum Gasteiger partial charge on any atom is 1.00 e. The van der Waals surface area contributed by atoms with E-state index in [4.69, 9.17) is 0 Å². The predicted octanol–water partition coefficient (Wildman–Crippen LogP) is 7.42. The molecule has 0 bridgehead atoms. The molecule has 0 N–H and O–H groups in total. The molecule has 0 fully saturated rings. The Hall–Kier alpha value is -2.87. The molecule has 0 amide bonds. The van der Waals surface area contributed by atoms with Gasteiger partial charge in [-0.15, -0.1) is 0 Å². The molecular weight excluding hydrogens is 750 g/mol. The SMILES string of the molecule is CCC1=Cc2cccc(-c3ccccc3)c2C1N(C1C(CC)=Cc2cccc(-c3ccccc3)c21)S(=O)(=O)c1ccc(C)cc1.[Cl-].[Nd+]. The molecule has 235 valence electrons. The molecule has 1 radical (unpaired) electrons. The molecule has 3 nitrogen and oxygen atoms in total. The summed E-state index contributed by atoms with van der Waals surface area (Å²) in [5, 5.41) is 0. The predicted molar refractivity (Wildman–Crippen MR) is 186 cm³/mol. The molecule has 5 aromatic rings. The fraction of sp³-hybridized carbons (Fsp3) is 0.171. The molecule has 47 heavy (non-hydrogen) atoms. The first kappa shape index (κ1) is 35.4. The molecule has 0 saturated carbocycles. The smallest absolute Gasteiger partial charge is 1.00 e. The summed E-state index contributed by atoms with van der Waals surface area (Å²) in [5.41, 5.74) is 11.8. The monoisotopic (exact) mass is 784 g/mol. The van der Waals surface area contributed by atoms with Gasteiger partial charge in [-0.05, 0) is 87.6 Å². The summed E-state index contributed by atoms with van der Waals surface area (Å²) in [6.07, 6.45) is 5.91. The van der Waals surface area contributed by atoms with Gasteiger partial charge >= 0.3 is 40.8 Å². The van der Waals surface area contributed by atoms with Crippen LogP contribution in [-0.2, 0) is 10.0 Å². The number of rotatable bonds is 8. The standard InChI is InChI=1S/C41H37NO2S.ClH.Nd/c1-4-29-26-33-18-12-20-36(31-14-8-6-9-15-31)38(33)40(29)42(45(43,44)35-24-22-28(3)23-25-35)41-30(5-2)27-34-19-13-21-37(39(34)41)32-16-10-7-11-17-32;;/h6-27,40-41H,4-5H2,1-3H3;1H;/q;;+1/p-1. The zero-order valence-electron chi connectivity index (χ0n) is 26.8. The van der Waals surface area contributed by atoms with Crippen LogP contribution in [0.25, 0.3) is 34.4 Å². The van der Waals surface area contributed by atoms with Gasteiger partial charge in [0.05, 0.1) is 17.0 Å². The summed E-state index contributed by atoms with van der Waals surface area (Å²) in [5.74, 6) is 0. The van der Waals surface area contributed by atoms with Gasteiger partial charge in [0.2, 0.25) is 10.0 Å². The largest absolute Gasteiger partial charge is 1.00 e. The number of nitrogens with zero attached hydrogens (tertiary/aromatic N) is 1. The zero-order valence-corrected chi connectivity index (χ0v) is 31.6. The van der Waals surface area contributed by atoms with Crippen molar-refractivity contribution in [1.82, 2.24) is 4.31 Å². The maximum atomic E-state index is 15.3. The number of sulfonamides is 1. The van der Waals surface area contributed by atoms with Crippen molar-refractivity contribution < 1.29 is 61.7 Å². The van der Waals surface area contributed by atoms with Gasteiger partial charge in [-0.25, -0.2) is 8.42 Å². The van der Waals surface area contributed by atoms with E-state index < -0.39 is 22.1 Å². The number of fused-ring (bicyclic) bond motifs is 2. The Bertz CT molecular complexity index is 1940. The molecule has 0 aromatic heterocycles. The van der Waals surface area contributed by atoms with Crippen molar-refractivity contribution >= 4 is 22.2 Å². The van der Waals surface area contributed by atoms with Crippen molar-refractivity contribution in [2.24, 2.45) is 0 Å². The van der Waals surface area contributed by atoms with Crippen LogP contribution in [0.3, 0.4) is 0 Å². The van der Waals surface area contributed by atoms with Crippen molar-refractivity contribution in [3.63, 3.8) is 0 Å². The molecule has 0 aliphatic heterocycles. The first-order valence-electron chi connectivity index (χ1n) is 15.8. The van der Waals surface area contributed by atoms with Crippen LogP contribution in [0.15, 0.2) is 137 Å². The van der Waals surface area contributed by atoms with Crippen LogP contribution in [0.1, 0.15) is 66.6 Å². The number of hydrogen-bond acceptors (Lipinski definition) is 2. The second-order valence-corrected chi connectivity index (χ2v) is 13.8. The number of benzene rings is 5. The summed E-state index contributed by atoms with van der Waals surface area (Å²) in [6, 6.07) is 39.8. The van der Waals surface area contributed by atoms with Gasteiger partial charge in [-0.3, -0.25) is 0 Å². The molecule has 7 rings (SSSR count). The van der Waals surface area contributed by atoms with Gasteiger partial charge in [0, 0.05) is 0 Å². The van der Waals surface area contributed by atoms with E-state index in [9.17, 15) is 0 Å². The van der Waals surface area contributed by atoms with Gasteiger partial charge in [0.1, 0.15) is 0 Å². The summed E-state index contributed by atoms with van der Waals surface area (Å²) in [6.45, 7) is 6.26. The molecule has 5 aromatic carbocycles. The maximum absolute atomic E-state index is 15.3. The Kier molecular flexibility index (Phi) is 11.1. The van der Waals surface area contributed by atoms with Crippen molar-refractivity contribution in [1.29, 1.82) is 0 Å². The van der Waals surface area contributed by atoms with E-state index in [1.807, 2.05) is 59.8 Å². The van der Waals surface area contributed by atoms with Gasteiger partial charge < -0.3 is 12.4 Å². The minimum absolute atomic E-state index is 0. The second kappa shape index (κ2) is 14.7. The van der Waals surface area contributed by atoms with E-state index in [-0.39, 0.29) is 53.2 Å². The number of aryl methyl sites for hydroxylation is 1. The molecule has 6 heteroatoms. The van der Waals surface area contributed by atoms with E-state index in [1.165, 1.54) is 0 Å². The molecule has 2 unspecified atom stereocenters. The third-order valence-electron chi connectivity index (χ3n) is 9.30. The molecule has 2 aliphatic rings. The van der Waals surface area contributed by atoms with E-state index in [2.05, 4.69) is 86.7 Å². The van der Waals surface area contributed by atoms with Crippen molar-refractivity contribution in [2.45, 2.75) is 50.6 Å². The average molecular weight is 788 g/mol. The molecule has 2 aliphatic carbocycles. The zero-order chi connectivity index (χ0) is 31.1. The minimum atomic E-state index is -4.00. The van der Waals surface area contributed by atoms with Crippen LogP contribution in [0.2, 0.25) is 0 Å². The van der Waals surface area contributed by atoms with Crippen LogP contribution in [0.4, 0.5) is 0 Å². The van der Waals surface area contributed by atoms with Gasteiger partial charge in [0.15, 0.2) is 0 Å². The fourth-order valence-corrected chi connectivity index (χ4v) is 8.89. The molecule has 2 atom stereocenters. The van der Waals surface area contributed by atoms with Gasteiger partial charge in [-0.2, -0.15) is 4.31 Å². The Labute approximate surface area is 318 Å². The Morgan fingerprint density at radius 1 is 0.574 bits per heavy atom. The Morgan fingerprint density at radius 3 is 1.40 bits per heavy atom. The van der Waals surface area contributed by atoms with Crippen LogP contribution in [0.5, 0.6) is 0 Å². The Balaban J connectivity index is 0.00000217. The van der Waals surface area contributed by atoms with Crippen LogP contribution < -0.4 is 12.4 Å².